The van der Waals surface area contributed by atoms with E-state index in [1.807, 2.05) is 13.8 Å². The Kier molecular flexibility index (Phi) is 3.27. The Hall–Kier alpha value is -2.57. The molecule has 2 N–H and O–H groups in total. The van der Waals surface area contributed by atoms with Gasteiger partial charge in [0.2, 0.25) is 0 Å². The highest BCUT2D eigenvalue weighted by atomic mass is 19.1. The molecule has 3 rings (SSSR count). The summed E-state index contributed by atoms with van der Waals surface area (Å²) in [4.78, 5) is 12.1. The summed E-state index contributed by atoms with van der Waals surface area (Å²) in [6.45, 7) is 4.47. The van der Waals surface area contributed by atoms with Gasteiger partial charge in [0.15, 0.2) is 11.6 Å². The summed E-state index contributed by atoms with van der Waals surface area (Å²) in [6, 6.07) is 4.56. The number of hydrogen-bond acceptors (Lipinski definition) is 4. The maximum Gasteiger partial charge on any atom is 0.271 e. The molecule has 0 atom stereocenters. The lowest BCUT2D eigenvalue weighted by Gasteiger charge is -2.32. The van der Waals surface area contributed by atoms with Crippen molar-refractivity contribution < 1.29 is 13.9 Å². The van der Waals surface area contributed by atoms with Gasteiger partial charge >= 0.3 is 0 Å². The third-order valence-electron chi connectivity index (χ3n) is 3.68. The predicted molar refractivity (Wildman–Crippen MR) is 80.1 cm³/mol. The normalized spacial score (nSPS) is 15.9. The number of nitrogens with one attached hydrogen (secondary N) is 2. The number of fused-ring (bicyclic) bond motifs is 1. The Morgan fingerprint density at radius 2 is 2.18 bits per heavy atom. The first-order chi connectivity index (χ1) is 10.4. The largest absolute Gasteiger partial charge is 0.492 e. The Labute approximate surface area is 127 Å². The second-order valence-corrected chi connectivity index (χ2v) is 5.76. The average molecular weight is 304 g/mol. The zero-order valence-corrected chi connectivity index (χ0v) is 12.6. The van der Waals surface area contributed by atoms with E-state index in [9.17, 15) is 9.18 Å². The van der Waals surface area contributed by atoms with Crippen LogP contribution in [0.1, 0.15) is 24.3 Å². The molecule has 6 nitrogen and oxygen atoms in total. The van der Waals surface area contributed by atoms with Crippen molar-refractivity contribution in [2.24, 2.45) is 0 Å². The summed E-state index contributed by atoms with van der Waals surface area (Å²) in [7, 11) is 1.40. The van der Waals surface area contributed by atoms with Crippen LogP contribution in [0.2, 0.25) is 0 Å². The summed E-state index contributed by atoms with van der Waals surface area (Å²) in [6.07, 6.45) is 1.56. The van der Waals surface area contributed by atoms with Gasteiger partial charge in [0.05, 0.1) is 30.2 Å². The van der Waals surface area contributed by atoms with E-state index in [2.05, 4.69) is 15.7 Å². The molecule has 1 aromatic heterocycles. The van der Waals surface area contributed by atoms with Crippen LogP contribution in [0.15, 0.2) is 24.4 Å². The van der Waals surface area contributed by atoms with E-state index >= 15 is 0 Å². The van der Waals surface area contributed by atoms with Gasteiger partial charge in [-0.15, -0.1) is 0 Å². The highest BCUT2D eigenvalue weighted by molar-refractivity contribution is 5.99. The highest BCUT2D eigenvalue weighted by Gasteiger charge is 2.34. The number of ether oxygens (including phenoxy) is 1. The molecule has 1 amide bonds. The number of nitrogens with zero attached hydrogens (tertiary/aromatic N) is 2. The first-order valence-electron chi connectivity index (χ1n) is 6.90. The number of hydrogen-bond donors (Lipinski definition) is 2. The Morgan fingerprint density at radius 1 is 1.41 bits per heavy atom. The monoisotopic (exact) mass is 304 g/mol. The third kappa shape index (κ3) is 2.18. The zero-order valence-electron chi connectivity index (χ0n) is 12.6. The van der Waals surface area contributed by atoms with E-state index in [1.54, 1.807) is 23.0 Å². The number of anilines is 2. The second kappa shape index (κ2) is 5.01. The number of halogens is 1. The van der Waals surface area contributed by atoms with Gasteiger partial charge in [0, 0.05) is 6.54 Å². The molecule has 7 heteroatoms. The maximum atomic E-state index is 13.8. The summed E-state index contributed by atoms with van der Waals surface area (Å²) in [5.41, 5.74) is 1.04. The van der Waals surface area contributed by atoms with Crippen molar-refractivity contribution in [3.63, 3.8) is 0 Å². The zero-order chi connectivity index (χ0) is 15.9. The number of rotatable bonds is 3. The predicted octanol–water partition coefficient (Wildman–Crippen LogP) is 2.25. The van der Waals surface area contributed by atoms with Crippen LogP contribution in [0, 0.1) is 5.82 Å². The van der Waals surface area contributed by atoms with Crippen LogP contribution in [0.4, 0.5) is 15.8 Å². The number of amides is 1. The number of para-hydroxylation sites is 1. The number of carbonyl (C=O) groups is 1. The minimum Gasteiger partial charge on any atom is -0.492 e. The molecule has 0 saturated heterocycles. The average Bonchev–Trinajstić information content (AvgIpc) is 2.89. The van der Waals surface area contributed by atoms with Gasteiger partial charge < -0.3 is 15.4 Å². The standard InChI is InChI=1S/C15H17FN4O2/c1-15(2)8-17-14(21)12-11(7-18-20(12)15)19-10-6-4-5-9(16)13(10)22-3/h4-7,19H,8H2,1-3H3,(H,17,21). The number of aromatic nitrogens is 2. The van der Waals surface area contributed by atoms with E-state index in [0.29, 0.717) is 23.6 Å². The van der Waals surface area contributed by atoms with Gasteiger partial charge in [-0.3, -0.25) is 9.48 Å². The molecule has 1 aromatic carbocycles. The van der Waals surface area contributed by atoms with Gasteiger partial charge in [-0.05, 0) is 26.0 Å². The molecule has 2 heterocycles. The van der Waals surface area contributed by atoms with Crippen LogP contribution in [-0.2, 0) is 5.54 Å². The van der Waals surface area contributed by atoms with Crippen LogP contribution >= 0.6 is 0 Å². The van der Waals surface area contributed by atoms with Crippen LogP contribution < -0.4 is 15.4 Å². The van der Waals surface area contributed by atoms with Crippen LogP contribution in [0.25, 0.3) is 0 Å². The van der Waals surface area contributed by atoms with Crippen molar-refractivity contribution in [3.05, 3.63) is 35.9 Å². The molecule has 0 bridgehead atoms. The molecule has 0 radical (unpaired) electrons. The summed E-state index contributed by atoms with van der Waals surface area (Å²) >= 11 is 0. The van der Waals surface area contributed by atoms with Crippen molar-refractivity contribution in [1.82, 2.24) is 15.1 Å². The van der Waals surface area contributed by atoms with Crippen LogP contribution in [0.3, 0.4) is 0 Å². The van der Waals surface area contributed by atoms with Crippen molar-refractivity contribution in [2.45, 2.75) is 19.4 Å². The summed E-state index contributed by atoms with van der Waals surface area (Å²) in [5.74, 6) is -0.592. The SMILES string of the molecule is COc1c(F)cccc1Nc1cnn2c1C(=O)NCC2(C)C. The summed E-state index contributed by atoms with van der Waals surface area (Å²) < 4.78 is 20.5. The molecule has 0 unspecified atom stereocenters. The second-order valence-electron chi connectivity index (χ2n) is 5.76. The quantitative estimate of drug-likeness (QED) is 0.912. The molecule has 22 heavy (non-hydrogen) atoms. The molecule has 116 valence electrons. The van der Waals surface area contributed by atoms with Crippen molar-refractivity contribution in [2.75, 3.05) is 19.0 Å². The molecule has 0 spiro atoms. The maximum absolute atomic E-state index is 13.8. The minimum absolute atomic E-state index is 0.0953. The Bertz CT molecular complexity index is 739. The number of methoxy groups -OCH3 is 1. The minimum atomic E-state index is -0.474. The Balaban J connectivity index is 2.04. The smallest absolute Gasteiger partial charge is 0.271 e. The van der Waals surface area contributed by atoms with Crippen molar-refractivity contribution >= 4 is 17.3 Å². The molecule has 0 fully saturated rings. The van der Waals surface area contributed by atoms with E-state index in [0.717, 1.165) is 0 Å². The lowest BCUT2D eigenvalue weighted by molar-refractivity contribution is 0.0878. The molecule has 2 aromatic rings. The van der Waals surface area contributed by atoms with Gasteiger partial charge in [-0.2, -0.15) is 5.10 Å². The summed E-state index contributed by atoms with van der Waals surface area (Å²) in [5, 5.41) is 10.2. The van der Waals surface area contributed by atoms with Gasteiger partial charge in [-0.1, -0.05) is 6.07 Å². The Morgan fingerprint density at radius 3 is 2.91 bits per heavy atom. The van der Waals surface area contributed by atoms with E-state index < -0.39 is 5.82 Å². The fourth-order valence-corrected chi connectivity index (χ4v) is 2.53. The molecule has 0 aliphatic carbocycles. The first kappa shape index (κ1) is 14.4. The molecular weight excluding hydrogens is 287 g/mol. The topological polar surface area (TPSA) is 68.2 Å². The fraction of sp³-hybridized carbons (Fsp3) is 0.333. The fourth-order valence-electron chi connectivity index (χ4n) is 2.53. The van der Waals surface area contributed by atoms with E-state index in [4.69, 9.17) is 4.74 Å². The number of carbonyl (C=O) groups excluding carboxylic acids is 1. The van der Waals surface area contributed by atoms with Gasteiger partial charge in [0.1, 0.15) is 5.69 Å². The molecular formula is C15H17FN4O2. The molecule has 0 saturated carbocycles. The highest BCUT2D eigenvalue weighted by Crippen LogP contribution is 2.33. The lowest BCUT2D eigenvalue weighted by Crippen LogP contribution is -2.48. The van der Waals surface area contributed by atoms with Gasteiger partial charge in [0.25, 0.3) is 5.91 Å². The van der Waals surface area contributed by atoms with Crippen LogP contribution in [0.5, 0.6) is 5.75 Å². The third-order valence-corrected chi connectivity index (χ3v) is 3.68. The van der Waals surface area contributed by atoms with Crippen LogP contribution in [-0.4, -0.2) is 29.3 Å². The number of benzene rings is 1. The molecule has 1 aliphatic heterocycles. The van der Waals surface area contributed by atoms with E-state index in [-0.39, 0.29) is 17.2 Å². The van der Waals surface area contributed by atoms with Gasteiger partial charge in [-0.25, -0.2) is 4.39 Å². The molecule has 1 aliphatic rings. The van der Waals surface area contributed by atoms with Crippen molar-refractivity contribution in [1.29, 1.82) is 0 Å². The lowest BCUT2D eigenvalue weighted by atomic mass is 10.0. The van der Waals surface area contributed by atoms with E-state index in [1.165, 1.54) is 13.2 Å². The first-order valence-corrected chi connectivity index (χ1v) is 6.90. The van der Waals surface area contributed by atoms with Crippen molar-refractivity contribution in [3.8, 4) is 5.75 Å².